The summed E-state index contributed by atoms with van der Waals surface area (Å²) in [5, 5.41) is 0. The number of Topliss-reactive ketones (excluding diaryl/α,β-unsaturated/α-hetero) is 1. The SMILES string of the molecule is CCOc1ccc(N2C[C@@H](C(=O)OCC(=O)c3ccc(OC)cc3)CC2=O)cc1. The Kier molecular flexibility index (Phi) is 6.49. The lowest BCUT2D eigenvalue weighted by Crippen LogP contribution is -2.27. The van der Waals surface area contributed by atoms with E-state index in [2.05, 4.69) is 0 Å². The third kappa shape index (κ3) is 4.93. The molecule has 0 N–H and O–H groups in total. The normalized spacial score (nSPS) is 15.9. The van der Waals surface area contributed by atoms with Crippen molar-refractivity contribution in [1.82, 2.24) is 0 Å². The van der Waals surface area contributed by atoms with Gasteiger partial charge in [0.15, 0.2) is 12.4 Å². The molecule has 0 spiro atoms. The lowest BCUT2D eigenvalue weighted by atomic mass is 10.1. The Labute approximate surface area is 169 Å². The van der Waals surface area contributed by atoms with Crippen molar-refractivity contribution in [2.45, 2.75) is 13.3 Å². The molecule has 7 heteroatoms. The maximum absolute atomic E-state index is 12.3. The number of esters is 1. The van der Waals surface area contributed by atoms with E-state index in [1.165, 1.54) is 7.11 Å². The maximum Gasteiger partial charge on any atom is 0.311 e. The van der Waals surface area contributed by atoms with Gasteiger partial charge in [-0.15, -0.1) is 0 Å². The summed E-state index contributed by atoms with van der Waals surface area (Å²) in [4.78, 5) is 38.4. The first kappa shape index (κ1) is 20.4. The largest absolute Gasteiger partial charge is 0.497 e. The van der Waals surface area contributed by atoms with E-state index in [4.69, 9.17) is 14.2 Å². The zero-order valence-corrected chi connectivity index (χ0v) is 16.4. The summed E-state index contributed by atoms with van der Waals surface area (Å²) < 4.78 is 15.6. The number of amides is 1. The molecular weight excluding hydrogens is 374 g/mol. The number of anilines is 1. The van der Waals surface area contributed by atoms with Crippen molar-refractivity contribution in [3.8, 4) is 11.5 Å². The molecule has 3 rings (SSSR count). The van der Waals surface area contributed by atoms with E-state index in [-0.39, 0.29) is 31.3 Å². The number of hydrogen-bond acceptors (Lipinski definition) is 6. The van der Waals surface area contributed by atoms with Gasteiger partial charge in [0.1, 0.15) is 11.5 Å². The van der Waals surface area contributed by atoms with Crippen LogP contribution in [0.15, 0.2) is 48.5 Å². The number of ketones is 1. The van der Waals surface area contributed by atoms with Gasteiger partial charge < -0.3 is 19.1 Å². The second-order valence-corrected chi connectivity index (χ2v) is 6.59. The predicted molar refractivity (Wildman–Crippen MR) is 106 cm³/mol. The monoisotopic (exact) mass is 397 g/mol. The van der Waals surface area contributed by atoms with Crippen LogP contribution in [0.25, 0.3) is 0 Å². The number of hydrogen-bond donors (Lipinski definition) is 0. The van der Waals surface area contributed by atoms with E-state index < -0.39 is 11.9 Å². The molecule has 7 nitrogen and oxygen atoms in total. The van der Waals surface area contributed by atoms with Gasteiger partial charge in [-0.05, 0) is 55.5 Å². The van der Waals surface area contributed by atoms with Crippen LogP contribution in [0.2, 0.25) is 0 Å². The molecule has 1 heterocycles. The Hall–Kier alpha value is -3.35. The minimum absolute atomic E-state index is 0.0583. The van der Waals surface area contributed by atoms with Gasteiger partial charge in [0.25, 0.3) is 0 Å². The summed E-state index contributed by atoms with van der Waals surface area (Å²) >= 11 is 0. The molecule has 29 heavy (non-hydrogen) atoms. The average molecular weight is 397 g/mol. The molecule has 0 bridgehead atoms. The van der Waals surface area contributed by atoms with Gasteiger partial charge >= 0.3 is 5.97 Å². The van der Waals surface area contributed by atoms with Crippen LogP contribution in [-0.2, 0) is 14.3 Å². The molecule has 0 unspecified atom stereocenters. The van der Waals surface area contributed by atoms with E-state index in [1.807, 2.05) is 6.92 Å². The quantitative estimate of drug-likeness (QED) is 0.503. The number of carbonyl (C=O) groups is 3. The predicted octanol–water partition coefficient (Wildman–Crippen LogP) is 2.87. The Morgan fingerprint density at radius 3 is 2.31 bits per heavy atom. The van der Waals surface area contributed by atoms with Crippen molar-refractivity contribution in [2.24, 2.45) is 5.92 Å². The Morgan fingerprint density at radius 2 is 1.69 bits per heavy atom. The number of methoxy groups -OCH3 is 1. The molecular formula is C22H23NO6. The maximum atomic E-state index is 12.3. The fourth-order valence-electron chi connectivity index (χ4n) is 3.12. The van der Waals surface area contributed by atoms with Crippen LogP contribution in [0.3, 0.4) is 0 Å². The van der Waals surface area contributed by atoms with E-state index in [0.29, 0.717) is 23.6 Å². The average Bonchev–Trinajstić information content (AvgIpc) is 3.14. The third-order valence-electron chi connectivity index (χ3n) is 4.68. The van der Waals surface area contributed by atoms with Crippen molar-refractivity contribution >= 4 is 23.3 Å². The molecule has 0 aromatic heterocycles. The molecule has 1 aliphatic rings. The zero-order chi connectivity index (χ0) is 20.8. The molecule has 1 saturated heterocycles. The van der Waals surface area contributed by atoms with Crippen LogP contribution in [0.5, 0.6) is 11.5 Å². The van der Waals surface area contributed by atoms with E-state index in [1.54, 1.807) is 53.4 Å². The van der Waals surface area contributed by atoms with Crippen LogP contribution < -0.4 is 14.4 Å². The molecule has 2 aromatic rings. The topological polar surface area (TPSA) is 82.1 Å². The molecule has 1 amide bonds. The lowest BCUT2D eigenvalue weighted by molar-refractivity contribution is -0.147. The fourth-order valence-corrected chi connectivity index (χ4v) is 3.12. The first-order chi connectivity index (χ1) is 14.0. The Bertz CT molecular complexity index is 875. The first-order valence-corrected chi connectivity index (χ1v) is 9.39. The van der Waals surface area contributed by atoms with Crippen LogP contribution in [0.1, 0.15) is 23.7 Å². The number of nitrogens with zero attached hydrogens (tertiary/aromatic N) is 1. The van der Waals surface area contributed by atoms with Gasteiger partial charge in [-0.1, -0.05) is 0 Å². The van der Waals surface area contributed by atoms with Crippen molar-refractivity contribution < 1.29 is 28.6 Å². The second-order valence-electron chi connectivity index (χ2n) is 6.59. The molecule has 1 fully saturated rings. The number of carbonyl (C=O) groups excluding carboxylic acids is 3. The minimum atomic E-state index is -0.599. The number of rotatable bonds is 8. The second kappa shape index (κ2) is 9.23. The van der Waals surface area contributed by atoms with Gasteiger partial charge in [0, 0.05) is 24.2 Å². The Morgan fingerprint density at radius 1 is 1.03 bits per heavy atom. The van der Waals surface area contributed by atoms with E-state index in [9.17, 15) is 14.4 Å². The van der Waals surface area contributed by atoms with Gasteiger partial charge in [0.05, 0.1) is 19.6 Å². The summed E-state index contributed by atoms with van der Waals surface area (Å²) in [6, 6.07) is 13.7. The Balaban J connectivity index is 1.54. The minimum Gasteiger partial charge on any atom is -0.497 e. The molecule has 0 radical (unpaired) electrons. The smallest absolute Gasteiger partial charge is 0.311 e. The highest BCUT2D eigenvalue weighted by atomic mass is 16.5. The van der Waals surface area contributed by atoms with Gasteiger partial charge in [-0.2, -0.15) is 0 Å². The van der Waals surface area contributed by atoms with E-state index in [0.717, 1.165) is 5.75 Å². The molecule has 0 saturated carbocycles. The fraction of sp³-hybridized carbons (Fsp3) is 0.318. The van der Waals surface area contributed by atoms with Crippen molar-refractivity contribution in [3.63, 3.8) is 0 Å². The summed E-state index contributed by atoms with van der Waals surface area (Å²) in [5.74, 6) is -0.258. The van der Waals surface area contributed by atoms with Crippen LogP contribution in [0.4, 0.5) is 5.69 Å². The highest BCUT2D eigenvalue weighted by Crippen LogP contribution is 2.27. The van der Waals surface area contributed by atoms with Crippen molar-refractivity contribution in [2.75, 3.05) is 31.8 Å². The van der Waals surface area contributed by atoms with Crippen LogP contribution in [0, 0.1) is 5.92 Å². The van der Waals surface area contributed by atoms with Gasteiger partial charge in [-0.25, -0.2) is 0 Å². The molecule has 1 atom stereocenters. The van der Waals surface area contributed by atoms with Crippen LogP contribution >= 0.6 is 0 Å². The highest BCUT2D eigenvalue weighted by Gasteiger charge is 2.36. The van der Waals surface area contributed by atoms with Gasteiger partial charge in [0.2, 0.25) is 5.91 Å². The molecule has 2 aromatic carbocycles. The first-order valence-electron chi connectivity index (χ1n) is 9.39. The molecule has 1 aliphatic heterocycles. The standard InChI is InChI=1S/C22H23NO6/c1-3-28-19-10-6-17(7-11-19)23-13-16(12-21(23)25)22(26)29-14-20(24)15-4-8-18(27-2)9-5-15/h4-11,16H,3,12-14H2,1-2H3/t16-/m0/s1. The summed E-state index contributed by atoms with van der Waals surface area (Å²) in [7, 11) is 1.54. The van der Waals surface area contributed by atoms with Crippen LogP contribution in [-0.4, -0.2) is 44.5 Å². The molecule has 152 valence electrons. The number of benzene rings is 2. The van der Waals surface area contributed by atoms with Gasteiger partial charge in [-0.3, -0.25) is 14.4 Å². The van der Waals surface area contributed by atoms with Crippen molar-refractivity contribution in [3.05, 3.63) is 54.1 Å². The summed E-state index contributed by atoms with van der Waals surface area (Å²) in [6.07, 6.45) is 0.0583. The summed E-state index contributed by atoms with van der Waals surface area (Å²) in [5.41, 5.74) is 1.13. The zero-order valence-electron chi connectivity index (χ0n) is 16.4. The van der Waals surface area contributed by atoms with E-state index >= 15 is 0 Å². The number of ether oxygens (including phenoxy) is 3. The highest BCUT2D eigenvalue weighted by molar-refractivity contribution is 6.01. The lowest BCUT2D eigenvalue weighted by Gasteiger charge is -2.17. The third-order valence-corrected chi connectivity index (χ3v) is 4.68. The van der Waals surface area contributed by atoms with Crippen molar-refractivity contribution in [1.29, 1.82) is 0 Å². The summed E-state index contributed by atoms with van der Waals surface area (Å²) in [6.45, 7) is 2.32. The molecule has 0 aliphatic carbocycles.